The highest BCUT2D eigenvalue weighted by Crippen LogP contribution is 2.33. The molecule has 0 radical (unpaired) electrons. The van der Waals surface area contributed by atoms with E-state index in [0.29, 0.717) is 20.7 Å². The van der Waals surface area contributed by atoms with Crippen molar-refractivity contribution in [1.29, 1.82) is 0 Å². The fourth-order valence-electron chi connectivity index (χ4n) is 3.32. The molecule has 4 rings (SSSR count). The number of hydrogen-bond acceptors (Lipinski definition) is 6. The molecular formula is C20H20ClN5OS. The molecule has 1 aliphatic heterocycles. The molecule has 0 spiro atoms. The molecule has 3 aromatic rings. The van der Waals surface area contributed by atoms with Gasteiger partial charge in [-0.2, -0.15) is 0 Å². The number of carbonyl (C=O) groups excluding carboxylic acids is 1. The lowest BCUT2D eigenvalue weighted by Gasteiger charge is -2.30. The number of pyridine rings is 1. The van der Waals surface area contributed by atoms with E-state index in [-0.39, 0.29) is 11.6 Å². The van der Waals surface area contributed by atoms with Gasteiger partial charge in [-0.25, -0.2) is 4.98 Å². The van der Waals surface area contributed by atoms with Crippen LogP contribution in [0.2, 0.25) is 5.02 Å². The zero-order valence-corrected chi connectivity index (χ0v) is 16.8. The van der Waals surface area contributed by atoms with Crippen LogP contribution in [0.5, 0.6) is 0 Å². The number of nitrogens with zero attached hydrogens (tertiary/aromatic N) is 3. The quantitative estimate of drug-likeness (QED) is 0.648. The van der Waals surface area contributed by atoms with Gasteiger partial charge in [-0.15, -0.1) is 0 Å². The molecule has 1 aromatic carbocycles. The van der Waals surface area contributed by atoms with Gasteiger partial charge in [0, 0.05) is 29.9 Å². The number of aromatic nitrogens is 2. The number of anilines is 3. The maximum absolute atomic E-state index is 12.9. The highest BCUT2D eigenvalue weighted by atomic mass is 35.5. The molecule has 2 aromatic heterocycles. The highest BCUT2D eigenvalue weighted by Gasteiger charge is 2.20. The molecule has 1 saturated heterocycles. The fourth-order valence-corrected chi connectivity index (χ4v) is 4.33. The molecule has 6 nitrogen and oxygen atoms in total. The Hall–Kier alpha value is -2.64. The van der Waals surface area contributed by atoms with Gasteiger partial charge in [0.15, 0.2) is 5.69 Å². The van der Waals surface area contributed by atoms with E-state index in [1.165, 1.54) is 17.8 Å². The summed E-state index contributed by atoms with van der Waals surface area (Å²) >= 11 is 7.33. The number of rotatable bonds is 4. The number of amides is 1. The van der Waals surface area contributed by atoms with Crippen LogP contribution in [0, 0.1) is 0 Å². The molecule has 3 heterocycles. The standard InChI is InChI=1S/C20H20ClN5OS/c21-14-6-4-5-13(11-14)20-25-17(18(22)28-20)19(27)24-15-12-23-8-7-16(15)26-9-2-1-3-10-26/h4-8,11-12H,1-3,9-10,22H2,(H,24,27). The molecule has 0 atom stereocenters. The van der Waals surface area contributed by atoms with Crippen LogP contribution in [0.1, 0.15) is 29.8 Å². The molecule has 0 saturated carbocycles. The van der Waals surface area contributed by atoms with Crippen molar-refractivity contribution in [3.8, 4) is 10.6 Å². The Morgan fingerprint density at radius 2 is 2.04 bits per heavy atom. The van der Waals surface area contributed by atoms with Gasteiger partial charge in [0.2, 0.25) is 0 Å². The molecule has 0 bridgehead atoms. The maximum atomic E-state index is 12.9. The highest BCUT2D eigenvalue weighted by molar-refractivity contribution is 7.19. The van der Waals surface area contributed by atoms with Gasteiger partial charge in [0.25, 0.3) is 5.91 Å². The van der Waals surface area contributed by atoms with Crippen molar-refractivity contribution in [1.82, 2.24) is 9.97 Å². The van der Waals surface area contributed by atoms with Crippen LogP contribution in [0.15, 0.2) is 42.7 Å². The van der Waals surface area contributed by atoms with Crippen molar-refractivity contribution in [2.24, 2.45) is 0 Å². The van der Waals surface area contributed by atoms with Crippen LogP contribution in [0.25, 0.3) is 10.6 Å². The van der Waals surface area contributed by atoms with Crippen LogP contribution in [-0.4, -0.2) is 29.0 Å². The summed E-state index contributed by atoms with van der Waals surface area (Å²) in [5.74, 6) is -0.340. The Labute approximate surface area is 172 Å². The molecule has 8 heteroatoms. The molecule has 0 aliphatic carbocycles. The second-order valence-corrected chi connectivity index (χ2v) is 8.10. The van der Waals surface area contributed by atoms with E-state index in [0.717, 1.165) is 37.2 Å². The van der Waals surface area contributed by atoms with Gasteiger partial charge in [-0.3, -0.25) is 9.78 Å². The minimum atomic E-state index is -0.340. The molecule has 28 heavy (non-hydrogen) atoms. The minimum absolute atomic E-state index is 0.216. The first-order valence-electron chi connectivity index (χ1n) is 9.14. The van der Waals surface area contributed by atoms with Gasteiger partial charge in [-0.1, -0.05) is 35.1 Å². The van der Waals surface area contributed by atoms with E-state index in [9.17, 15) is 4.79 Å². The fraction of sp³-hybridized carbons (Fsp3) is 0.250. The lowest BCUT2D eigenvalue weighted by atomic mass is 10.1. The number of halogens is 1. The van der Waals surface area contributed by atoms with Crippen molar-refractivity contribution < 1.29 is 4.79 Å². The van der Waals surface area contributed by atoms with E-state index >= 15 is 0 Å². The second kappa shape index (κ2) is 8.16. The number of nitrogens with one attached hydrogen (secondary N) is 1. The van der Waals surface area contributed by atoms with Crippen molar-refractivity contribution in [2.75, 3.05) is 29.0 Å². The number of thiazole rings is 1. The molecule has 3 N–H and O–H groups in total. The van der Waals surface area contributed by atoms with Gasteiger partial charge in [0.1, 0.15) is 10.0 Å². The summed E-state index contributed by atoms with van der Waals surface area (Å²) in [5.41, 5.74) is 8.79. The summed E-state index contributed by atoms with van der Waals surface area (Å²) in [4.78, 5) is 23.8. The smallest absolute Gasteiger partial charge is 0.277 e. The first kappa shape index (κ1) is 18.7. The van der Waals surface area contributed by atoms with Crippen LogP contribution in [-0.2, 0) is 0 Å². The van der Waals surface area contributed by atoms with Gasteiger partial charge >= 0.3 is 0 Å². The van der Waals surface area contributed by atoms with Gasteiger partial charge in [0.05, 0.1) is 17.6 Å². The summed E-state index contributed by atoms with van der Waals surface area (Å²) in [7, 11) is 0. The maximum Gasteiger partial charge on any atom is 0.277 e. The topological polar surface area (TPSA) is 84.1 Å². The predicted octanol–water partition coefficient (Wildman–Crippen LogP) is 4.68. The largest absolute Gasteiger partial charge is 0.389 e. The molecule has 1 aliphatic rings. The van der Waals surface area contributed by atoms with E-state index in [1.807, 2.05) is 18.2 Å². The summed E-state index contributed by atoms with van der Waals surface area (Å²) in [5, 5.41) is 4.58. The number of carbonyl (C=O) groups is 1. The summed E-state index contributed by atoms with van der Waals surface area (Å²) < 4.78 is 0. The summed E-state index contributed by atoms with van der Waals surface area (Å²) in [6, 6.07) is 9.26. The van der Waals surface area contributed by atoms with E-state index in [2.05, 4.69) is 20.2 Å². The van der Waals surface area contributed by atoms with Crippen LogP contribution in [0.3, 0.4) is 0 Å². The minimum Gasteiger partial charge on any atom is -0.389 e. The van der Waals surface area contributed by atoms with E-state index in [4.69, 9.17) is 17.3 Å². The monoisotopic (exact) mass is 413 g/mol. The lowest BCUT2D eigenvalue weighted by molar-refractivity contribution is 0.102. The van der Waals surface area contributed by atoms with Crippen molar-refractivity contribution in [2.45, 2.75) is 19.3 Å². The average molecular weight is 414 g/mol. The van der Waals surface area contributed by atoms with Crippen molar-refractivity contribution in [3.63, 3.8) is 0 Å². The molecule has 1 amide bonds. The Bertz CT molecular complexity index is 1000. The number of nitrogen functional groups attached to an aromatic ring is 1. The number of hydrogen-bond donors (Lipinski definition) is 2. The van der Waals surface area contributed by atoms with Crippen LogP contribution in [0.4, 0.5) is 16.4 Å². The third kappa shape index (κ3) is 3.95. The first-order chi connectivity index (χ1) is 13.6. The number of nitrogens with two attached hydrogens (primary N) is 1. The molecular weight excluding hydrogens is 394 g/mol. The Morgan fingerprint density at radius 3 is 2.82 bits per heavy atom. The number of benzene rings is 1. The Morgan fingerprint density at radius 1 is 1.21 bits per heavy atom. The molecule has 0 unspecified atom stereocenters. The third-order valence-corrected chi connectivity index (χ3v) is 5.85. The van der Waals surface area contributed by atoms with Gasteiger partial charge in [-0.05, 0) is 37.5 Å². The zero-order valence-electron chi connectivity index (χ0n) is 15.2. The van der Waals surface area contributed by atoms with Crippen molar-refractivity contribution in [3.05, 3.63) is 53.4 Å². The van der Waals surface area contributed by atoms with Gasteiger partial charge < -0.3 is 16.0 Å². The zero-order chi connectivity index (χ0) is 19.5. The third-order valence-electron chi connectivity index (χ3n) is 4.68. The van der Waals surface area contributed by atoms with E-state index < -0.39 is 0 Å². The number of piperidine rings is 1. The first-order valence-corrected chi connectivity index (χ1v) is 10.3. The molecule has 1 fully saturated rings. The van der Waals surface area contributed by atoms with Crippen LogP contribution < -0.4 is 16.0 Å². The van der Waals surface area contributed by atoms with E-state index in [1.54, 1.807) is 24.5 Å². The second-order valence-electron chi connectivity index (χ2n) is 6.64. The summed E-state index contributed by atoms with van der Waals surface area (Å²) in [6.45, 7) is 1.95. The normalized spacial score (nSPS) is 14.1. The van der Waals surface area contributed by atoms with Crippen molar-refractivity contribution >= 4 is 45.2 Å². The SMILES string of the molecule is Nc1sc(-c2cccc(Cl)c2)nc1C(=O)Nc1cnccc1N1CCCCC1. The summed E-state index contributed by atoms with van der Waals surface area (Å²) in [6.07, 6.45) is 6.96. The predicted molar refractivity (Wildman–Crippen MR) is 115 cm³/mol. The Kier molecular flexibility index (Phi) is 5.45. The lowest BCUT2D eigenvalue weighted by Crippen LogP contribution is -2.30. The van der Waals surface area contributed by atoms with Crippen LogP contribution >= 0.6 is 22.9 Å². The molecule has 144 valence electrons. The average Bonchev–Trinajstić information content (AvgIpc) is 3.11. The Balaban J connectivity index is 1.58.